The molecule has 98 valence electrons. The van der Waals surface area contributed by atoms with Crippen molar-refractivity contribution in [1.29, 1.82) is 0 Å². The second-order valence-electron chi connectivity index (χ2n) is 4.95. The molecule has 0 amide bonds. The second kappa shape index (κ2) is 5.22. The van der Waals surface area contributed by atoms with Gasteiger partial charge >= 0.3 is 0 Å². The topological polar surface area (TPSA) is 39.1 Å². The molecule has 0 atom stereocenters. The van der Waals surface area contributed by atoms with Gasteiger partial charge in [0.15, 0.2) is 5.78 Å². The summed E-state index contributed by atoms with van der Waals surface area (Å²) in [7, 11) is 0. The molecule has 0 bridgehead atoms. The fourth-order valence-electron chi connectivity index (χ4n) is 1.90. The average Bonchev–Trinajstić information content (AvgIpc) is 2.39. The molecule has 3 heteroatoms. The van der Waals surface area contributed by atoms with Crippen molar-refractivity contribution in [3.05, 3.63) is 64.1 Å². The van der Waals surface area contributed by atoms with Crippen LogP contribution in [0.4, 0.5) is 0 Å². The van der Waals surface area contributed by atoms with Crippen LogP contribution in [-0.4, -0.2) is 10.4 Å². The van der Waals surface area contributed by atoms with Crippen LogP contribution in [0.2, 0.25) is 0 Å². The van der Waals surface area contributed by atoms with E-state index < -0.39 is 0 Å². The number of hydrogen-bond acceptors (Lipinski definition) is 2. The minimum atomic E-state index is -0.259. The lowest BCUT2D eigenvalue weighted by Crippen LogP contribution is -2.26. The van der Waals surface area contributed by atoms with Gasteiger partial charge in [0.25, 0.3) is 5.56 Å². The lowest BCUT2D eigenvalue weighted by atomic mass is 10.0. The molecule has 3 nitrogen and oxygen atoms in total. The molecule has 0 unspecified atom stereocenters. The summed E-state index contributed by atoms with van der Waals surface area (Å²) in [6.45, 7) is 5.58. The van der Waals surface area contributed by atoms with Crippen LogP contribution >= 0.6 is 0 Å². The van der Waals surface area contributed by atoms with Crippen LogP contribution in [0.15, 0.2) is 47.4 Å². The van der Waals surface area contributed by atoms with Crippen LogP contribution in [0.25, 0.3) is 5.69 Å². The van der Waals surface area contributed by atoms with Crippen molar-refractivity contribution in [2.24, 2.45) is 5.92 Å². The Kier molecular flexibility index (Phi) is 3.65. The Balaban J connectivity index is 2.55. The first kappa shape index (κ1) is 13.3. The standard InChI is InChI=1S/C16H17NO2/c1-11(2)15(18)14-5-4-10-17(16(14)19)13-8-6-12(3)7-9-13/h4-11H,1-3H3. The Morgan fingerprint density at radius 3 is 2.32 bits per heavy atom. The van der Waals surface area contributed by atoms with Crippen molar-refractivity contribution >= 4 is 5.78 Å². The first-order valence-electron chi connectivity index (χ1n) is 6.33. The first-order valence-corrected chi connectivity index (χ1v) is 6.33. The van der Waals surface area contributed by atoms with Gasteiger partial charge in [0.2, 0.25) is 0 Å². The van der Waals surface area contributed by atoms with Gasteiger partial charge in [-0.3, -0.25) is 14.2 Å². The molecule has 0 saturated heterocycles. The predicted molar refractivity (Wildman–Crippen MR) is 75.9 cm³/mol. The SMILES string of the molecule is Cc1ccc(-n2cccc(C(=O)C(C)C)c2=O)cc1. The Labute approximate surface area is 112 Å². The van der Waals surface area contributed by atoms with Gasteiger partial charge in [0, 0.05) is 17.8 Å². The highest BCUT2D eigenvalue weighted by molar-refractivity contribution is 5.97. The summed E-state index contributed by atoms with van der Waals surface area (Å²) in [5.41, 5.74) is 1.89. The molecule has 19 heavy (non-hydrogen) atoms. The quantitative estimate of drug-likeness (QED) is 0.791. The number of ketones is 1. The van der Waals surface area contributed by atoms with Gasteiger partial charge in [-0.1, -0.05) is 31.5 Å². The van der Waals surface area contributed by atoms with E-state index in [1.807, 2.05) is 31.2 Å². The molecular weight excluding hydrogens is 238 g/mol. The highest BCUT2D eigenvalue weighted by Gasteiger charge is 2.15. The predicted octanol–water partition coefficient (Wildman–Crippen LogP) is 2.98. The maximum absolute atomic E-state index is 12.3. The molecule has 1 aromatic heterocycles. The van der Waals surface area contributed by atoms with E-state index in [1.54, 1.807) is 32.2 Å². The second-order valence-corrected chi connectivity index (χ2v) is 4.95. The van der Waals surface area contributed by atoms with Crippen LogP contribution in [0.1, 0.15) is 29.8 Å². The lowest BCUT2D eigenvalue weighted by molar-refractivity contribution is 0.0937. The number of carbonyl (C=O) groups excluding carboxylic acids is 1. The zero-order valence-electron chi connectivity index (χ0n) is 11.4. The number of nitrogens with zero attached hydrogens (tertiary/aromatic N) is 1. The Bertz CT molecular complexity index is 651. The molecule has 1 heterocycles. The summed E-state index contributed by atoms with van der Waals surface area (Å²) in [6, 6.07) is 11.0. The Hall–Kier alpha value is -2.16. The van der Waals surface area contributed by atoms with Crippen LogP contribution < -0.4 is 5.56 Å². The third kappa shape index (κ3) is 2.65. The Morgan fingerprint density at radius 1 is 1.11 bits per heavy atom. The molecule has 2 rings (SSSR count). The van der Waals surface area contributed by atoms with E-state index in [2.05, 4.69) is 0 Å². The smallest absolute Gasteiger partial charge is 0.265 e. The normalized spacial score (nSPS) is 10.7. The molecule has 0 aliphatic carbocycles. The zero-order valence-corrected chi connectivity index (χ0v) is 11.4. The van der Waals surface area contributed by atoms with Crippen molar-refractivity contribution in [3.8, 4) is 5.69 Å². The number of aryl methyl sites for hydroxylation is 1. The van der Waals surface area contributed by atoms with E-state index in [0.717, 1.165) is 11.3 Å². The van der Waals surface area contributed by atoms with Crippen molar-refractivity contribution in [2.75, 3.05) is 0 Å². The van der Waals surface area contributed by atoms with Gasteiger partial charge in [-0.2, -0.15) is 0 Å². The Morgan fingerprint density at radius 2 is 1.74 bits per heavy atom. The van der Waals surface area contributed by atoms with Gasteiger partial charge < -0.3 is 0 Å². The maximum atomic E-state index is 12.3. The summed E-state index contributed by atoms with van der Waals surface area (Å²) in [6.07, 6.45) is 1.68. The fraction of sp³-hybridized carbons (Fsp3) is 0.250. The summed E-state index contributed by atoms with van der Waals surface area (Å²) >= 11 is 0. The molecular formula is C16H17NO2. The number of rotatable bonds is 3. The summed E-state index contributed by atoms with van der Waals surface area (Å²) in [4.78, 5) is 24.3. The van der Waals surface area contributed by atoms with Gasteiger partial charge in [-0.15, -0.1) is 0 Å². The van der Waals surface area contributed by atoms with E-state index in [-0.39, 0.29) is 22.8 Å². The molecule has 0 saturated carbocycles. The van der Waals surface area contributed by atoms with Gasteiger partial charge in [-0.25, -0.2) is 0 Å². The average molecular weight is 255 g/mol. The van der Waals surface area contributed by atoms with Crippen molar-refractivity contribution in [3.63, 3.8) is 0 Å². The minimum absolute atomic E-state index is 0.119. The van der Waals surface area contributed by atoms with Gasteiger partial charge in [0.05, 0.1) is 5.56 Å². The van der Waals surface area contributed by atoms with Crippen molar-refractivity contribution in [1.82, 2.24) is 4.57 Å². The highest BCUT2D eigenvalue weighted by atomic mass is 16.1. The fourth-order valence-corrected chi connectivity index (χ4v) is 1.90. The maximum Gasteiger partial charge on any atom is 0.265 e. The van der Waals surface area contributed by atoms with E-state index in [1.165, 1.54) is 4.57 Å². The lowest BCUT2D eigenvalue weighted by Gasteiger charge is -2.09. The van der Waals surface area contributed by atoms with Gasteiger partial charge in [-0.05, 0) is 31.2 Å². The first-order chi connectivity index (χ1) is 9.00. The molecule has 0 N–H and O–H groups in total. The summed E-state index contributed by atoms with van der Waals surface area (Å²) in [5, 5.41) is 0. The van der Waals surface area contributed by atoms with E-state index in [9.17, 15) is 9.59 Å². The third-order valence-corrected chi connectivity index (χ3v) is 3.05. The molecule has 0 aliphatic rings. The molecule has 0 aliphatic heterocycles. The van der Waals surface area contributed by atoms with Crippen molar-refractivity contribution < 1.29 is 4.79 Å². The number of carbonyl (C=O) groups is 1. The third-order valence-electron chi connectivity index (χ3n) is 3.05. The molecule has 0 spiro atoms. The number of hydrogen-bond donors (Lipinski definition) is 0. The van der Waals surface area contributed by atoms with Crippen LogP contribution in [0, 0.1) is 12.8 Å². The van der Waals surface area contributed by atoms with E-state index >= 15 is 0 Å². The zero-order chi connectivity index (χ0) is 14.0. The van der Waals surface area contributed by atoms with Crippen LogP contribution in [0.3, 0.4) is 0 Å². The number of benzene rings is 1. The highest BCUT2D eigenvalue weighted by Crippen LogP contribution is 2.09. The largest absolute Gasteiger partial charge is 0.294 e. The molecule has 0 radical (unpaired) electrons. The monoisotopic (exact) mass is 255 g/mol. The van der Waals surface area contributed by atoms with Crippen LogP contribution in [-0.2, 0) is 0 Å². The molecule has 1 aromatic carbocycles. The number of aromatic nitrogens is 1. The van der Waals surface area contributed by atoms with Crippen LogP contribution in [0.5, 0.6) is 0 Å². The van der Waals surface area contributed by atoms with E-state index in [0.29, 0.717) is 0 Å². The van der Waals surface area contributed by atoms with Gasteiger partial charge in [0.1, 0.15) is 0 Å². The van der Waals surface area contributed by atoms with E-state index in [4.69, 9.17) is 0 Å². The molecule has 0 fully saturated rings. The van der Waals surface area contributed by atoms with Crippen molar-refractivity contribution in [2.45, 2.75) is 20.8 Å². The summed E-state index contributed by atoms with van der Waals surface area (Å²) in [5.74, 6) is -0.298. The number of pyridine rings is 1. The number of Topliss-reactive ketones (excluding diaryl/α,β-unsaturated/α-hetero) is 1. The minimum Gasteiger partial charge on any atom is -0.294 e. The summed E-state index contributed by atoms with van der Waals surface area (Å²) < 4.78 is 1.51. The molecule has 2 aromatic rings.